The van der Waals surface area contributed by atoms with Crippen LogP contribution < -0.4 is 4.98 Å². The molecule has 0 saturated carbocycles. The quantitative estimate of drug-likeness (QED) is 0.714. The Balaban J connectivity index is 2.25. The summed E-state index contributed by atoms with van der Waals surface area (Å²) in [5, 5.41) is 0. The van der Waals surface area contributed by atoms with Crippen molar-refractivity contribution in [1.82, 2.24) is 14.5 Å². The van der Waals surface area contributed by atoms with Crippen molar-refractivity contribution in [2.45, 2.75) is 24.9 Å². The number of hydrogen-bond acceptors (Lipinski definition) is 3. The molecule has 0 aromatic carbocycles. The molecule has 1 atom stereocenters. The molecule has 0 aliphatic heterocycles. The highest BCUT2D eigenvalue weighted by atomic mass is 32.2. The number of nitrogens with zero attached hydrogens (tertiary/aromatic N) is 4. The average molecular weight is 367 g/mol. The lowest BCUT2D eigenvalue weighted by Gasteiger charge is -2.05. The van der Waals surface area contributed by atoms with Crippen molar-refractivity contribution >= 4 is 21.8 Å². The summed E-state index contributed by atoms with van der Waals surface area (Å²) in [7, 11) is 0.349. The van der Waals surface area contributed by atoms with Crippen molar-refractivity contribution in [1.29, 1.82) is 0 Å². The maximum absolute atomic E-state index is 12.9. The number of fused-ring (bicyclic) bond motifs is 1. The predicted octanol–water partition coefficient (Wildman–Crippen LogP) is 2.49. The molecule has 0 aliphatic carbocycles. The average Bonchev–Trinajstić information content (AvgIpc) is 2.89. The summed E-state index contributed by atoms with van der Waals surface area (Å²) in [6.07, 6.45) is -0.636. The number of halogens is 3. The number of aryl methyl sites for hydroxylation is 2. The van der Waals surface area contributed by atoms with Gasteiger partial charge < -0.3 is 4.57 Å². The van der Waals surface area contributed by atoms with Crippen LogP contribution >= 0.6 is 0 Å². The predicted molar refractivity (Wildman–Crippen MR) is 85.1 cm³/mol. The third-order valence-electron chi connectivity index (χ3n) is 3.72. The van der Waals surface area contributed by atoms with Crippen LogP contribution in [0.15, 0.2) is 23.2 Å². The third kappa shape index (κ3) is 3.09. The molecule has 5 nitrogen and oxygen atoms in total. The number of imidazole rings is 1. The summed E-state index contributed by atoms with van der Waals surface area (Å²) in [5.41, 5.74) is 0.806. The van der Waals surface area contributed by atoms with Crippen LogP contribution in [0.3, 0.4) is 0 Å². The van der Waals surface area contributed by atoms with E-state index in [2.05, 4.69) is 21.1 Å². The number of aromatic nitrogens is 4. The highest BCUT2D eigenvalue weighted by Gasteiger charge is 2.33. The van der Waals surface area contributed by atoms with E-state index in [0.717, 1.165) is 12.3 Å². The zero-order valence-corrected chi connectivity index (χ0v) is 14.5. The molecule has 3 heterocycles. The normalized spacial score (nSPS) is 13.0. The minimum absolute atomic E-state index is 0.169. The van der Waals surface area contributed by atoms with E-state index in [1.807, 2.05) is 0 Å². The first-order chi connectivity index (χ1) is 11.7. The van der Waals surface area contributed by atoms with Crippen molar-refractivity contribution in [3.05, 3.63) is 35.9 Å². The maximum atomic E-state index is 12.9. The van der Waals surface area contributed by atoms with E-state index in [1.54, 1.807) is 31.5 Å². The first-order valence-electron chi connectivity index (χ1n) is 7.40. The molecule has 3 rings (SSSR count). The van der Waals surface area contributed by atoms with Gasteiger partial charge >= 0.3 is 18.1 Å². The number of rotatable bonds is 3. The molecular weight excluding hydrogens is 353 g/mol. The van der Waals surface area contributed by atoms with Gasteiger partial charge in [-0.2, -0.15) is 13.2 Å². The first-order valence-corrected chi connectivity index (χ1v) is 8.72. The molecule has 3 aromatic rings. The Morgan fingerprint density at radius 1 is 1.36 bits per heavy atom. The zero-order valence-electron chi connectivity index (χ0n) is 13.7. The fourth-order valence-corrected chi connectivity index (χ4v) is 3.31. The summed E-state index contributed by atoms with van der Waals surface area (Å²) in [6, 6.07) is 2.62. The molecule has 0 aliphatic rings. The highest BCUT2D eigenvalue weighted by molar-refractivity contribution is 7.85. The molecule has 0 spiro atoms. The topological polar surface area (TPSA) is 61.9 Å². The van der Waals surface area contributed by atoms with Crippen molar-refractivity contribution in [2.24, 2.45) is 7.05 Å². The van der Waals surface area contributed by atoms with E-state index in [4.69, 9.17) is 0 Å². The molecule has 1 unspecified atom stereocenters. The molecule has 0 N–H and O–H groups in total. The smallest absolute Gasteiger partial charge is 0.326 e. The van der Waals surface area contributed by atoms with Gasteiger partial charge in [-0.15, -0.1) is 0 Å². The SMILES string of the molecule is CCS(=O)c1c#[n+]c(C)cc1-c1nc2cc(C(F)(F)F)ncc2n1C. The molecule has 0 radical (unpaired) electrons. The van der Waals surface area contributed by atoms with E-state index >= 15 is 0 Å². The van der Waals surface area contributed by atoms with Crippen LogP contribution in [0.1, 0.15) is 18.3 Å². The van der Waals surface area contributed by atoms with Crippen LogP contribution in [0.5, 0.6) is 0 Å². The second kappa shape index (κ2) is 6.11. The van der Waals surface area contributed by atoms with Gasteiger partial charge in [-0.1, -0.05) is 6.92 Å². The molecule has 0 amide bonds. The number of hydrogen-bond donors (Lipinski definition) is 0. The van der Waals surface area contributed by atoms with Gasteiger partial charge in [-0.05, 0) is 11.1 Å². The van der Waals surface area contributed by atoms with Crippen LogP contribution in [-0.4, -0.2) is 24.5 Å². The van der Waals surface area contributed by atoms with Gasteiger partial charge in [-0.25, -0.2) is 9.97 Å². The molecule has 3 aromatic heterocycles. The summed E-state index contributed by atoms with van der Waals surface area (Å²) in [5.74, 6) is 0.771. The largest absolute Gasteiger partial charge is 0.433 e. The van der Waals surface area contributed by atoms with E-state index in [0.29, 0.717) is 33.2 Å². The summed E-state index contributed by atoms with van der Waals surface area (Å²) >= 11 is 0. The highest BCUT2D eigenvalue weighted by Crippen LogP contribution is 2.31. The number of alkyl halides is 3. The van der Waals surface area contributed by atoms with Gasteiger partial charge in [0.2, 0.25) is 0 Å². The fraction of sp³-hybridized carbons (Fsp3) is 0.312. The Morgan fingerprint density at radius 3 is 2.72 bits per heavy atom. The second-order valence-electron chi connectivity index (χ2n) is 5.44. The van der Waals surface area contributed by atoms with Gasteiger partial charge in [0.15, 0.2) is 4.90 Å². The van der Waals surface area contributed by atoms with Crippen molar-refractivity contribution < 1.29 is 22.4 Å². The summed E-state index contributed by atoms with van der Waals surface area (Å²) < 4.78 is 52.5. The van der Waals surface area contributed by atoms with Gasteiger partial charge in [-0.3, -0.25) is 4.21 Å². The molecular formula is C16H14F3N4OS+. The molecule has 25 heavy (non-hydrogen) atoms. The van der Waals surface area contributed by atoms with E-state index in [9.17, 15) is 17.4 Å². The van der Waals surface area contributed by atoms with Crippen molar-refractivity contribution in [3.8, 4) is 11.4 Å². The Hall–Kier alpha value is -2.47. The standard InChI is InChI=1S/C16H14F3N4OS/c1-4-25(24)13-8-20-9(2)5-10(13)15-22-11-6-14(16(17,18)19)21-7-12(11)23(15)3/h5-7H,4H2,1-3H3/q+1. The van der Waals surface area contributed by atoms with Gasteiger partial charge in [0, 0.05) is 25.8 Å². The summed E-state index contributed by atoms with van der Waals surface area (Å²) in [6.45, 7) is 3.52. The fourth-order valence-electron chi connectivity index (χ4n) is 2.47. The lowest BCUT2D eigenvalue weighted by molar-refractivity contribution is -0.306. The zero-order chi connectivity index (χ0) is 18.4. The van der Waals surface area contributed by atoms with Crippen LogP contribution in [-0.2, 0) is 24.0 Å². The second-order valence-corrected chi connectivity index (χ2v) is 7.11. The van der Waals surface area contributed by atoms with Crippen LogP contribution in [0.25, 0.3) is 22.4 Å². The van der Waals surface area contributed by atoms with Crippen molar-refractivity contribution in [3.63, 3.8) is 0 Å². The van der Waals surface area contributed by atoms with Crippen LogP contribution in [0.4, 0.5) is 13.2 Å². The van der Waals surface area contributed by atoms with E-state index in [1.165, 1.54) is 0 Å². The Bertz CT molecular complexity index is 981. The lowest BCUT2D eigenvalue weighted by Crippen LogP contribution is -2.07. The third-order valence-corrected chi connectivity index (χ3v) is 5.01. The molecule has 130 valence electrons. The molecule has 9 heteroatoms. The Labute approximate surface area is 144 Å². The molecule has 0 fully saturated rings. The van der Waals surface area contributed by atoms with Gasteiger partial charge in [0.1, 0.15) is 11.5 Å². The maximum Gasteiger partial charge on any atom is 0.433 e. The molecule has 0 bridgehead atoms. The number of pyridine rings is 1. The van der Waals surface area contributed by atoms with Crippen LogP contribution in [0, 0.1) is 13.1 Å². The van der Waals surface area contributed by atoms with E-state index < -0.39 is 22.7 Å². The molecule has 0 saturated heterocycles. The Kier molecular flexibility index (Phi) is 4.24. The lowest BCUT2D eigenvalue weighted by atomic mass is 10.2. The Morgan fingerprint density at radius 2 is 2.08 bits per heavy atom. The monoisotopic (exact) mass is 367 g/mol. The van der Waals surface area contributed by atoms with E-state index in [-0.39, 0.29) is 5.52 Å². The minimum Gasteiger partial charge on any atom is -0.326 e. The van der Waals surface area contributed by atoms with Crippen molar-refractivity contribution in [2.75, 3.05) is 5.75 Å². The summed E-state index contributed by atoms with van der Waals surface area (Å²) in [4.78, 5) is 12.2. The van der Waals surface area contributed by atoms with Gasteiger partial charge in [0.25, 0.3) is 0 Å². The minimum atomic E-state index is -4.54. The van der Waals surface area contributed by atoms with Gasteiger partial charge in [0.05, 0.1) is 33.6 Å². The first kappa shape index (κ1) is 17.4. The van der Waals surface area contributed by atoms with Crippen LogP contribution in [0.2, 0.25) is 0 Å².